The summed E-state index contributed by atoms with van der Waals surface area (Å²) in [5.41, 5.74) is 2.47. The largest absolute Gasteiger partial charge is 0.321 e. The topological polar surface area (TPSA) is 44.7 Å². The van der Waals surface area contributed by atoms with Crippen molar-refractivity contribution in [3.63, 3.8) is 0 Å². The van der Waals surface area contributed by atoms with Crippen molar-refractivity contribution in [3.05, 3.63) is 69.0 Å². The monoisotopic (exact) mass is 403 g/mol. The van der Waals surface area contributed by atoms with Crippen molar-refractivity contribution < 1.29 is 4.79 Å². The van der Waals surface area contributed by atoms with E-state index in [1.807, 2.05) is 30.3 Å². The molecule has 1 N–H and O–H groups in total. The second kappa shape index (κ2) is 7.35. The maximum Gasteiger partial charge on any atom is 0.264 e. The standard InChI is InChI=1S/C19H15Cl2N3OS/c20-13-9-14(21)11-15(10-13)23-18(25)17-16(12-5-2-1-3-6-12)24-8-4-7-22-19(24)26-17/h1-3,5-6,9-11H,4,7-8H2,(H,23,25). The number of amidine groups is 1. The van der Waals surface area contributed by atoms with E-state index in [-0.39, 0.29) is 5.91 Å². The second-order valence-electron chi connectivity index (χ2n) is 5.93. The molecule has 0 saturated carbocycles. The fourth-order valence-corrected chi connectivity index (χ4v) is 4.62. The van der Waals surface area contributed by atoms with Crippen LogP contribution in [-0.2, 0) is 4.79 Å². The SMILES string of the molecule is O=C(Nc1cc(Cl)cc(Cl)c1)C1=C(c2ccccc2)N2CCCN=C2S1. The molecule has 2 aliphatic rings. The molecule has 132 valence electrons. The molecule has 2 aromatic carbocycles. The minimum atomic E-state index is -0.190. The molecule has 0 aromatic heterocycles. The van der Waals surface area contributed by atoms with E-state index in [2.05, 4.69) is 15.2 Å². The van der Waals surface area contributed by atoms with Crippen molar-refractivity contribution in [2.45, 2.75) is 6.42 Å². The third-order valence-corrected chi connectivity index (χ3v) is 5.62. The van der Waals surface area contributed by atoms with Crippen LogP contribution in [0.15, 0.2) is 58.4 Å². The van der Waals surface area contributed by atoms with Gasteiger partial charge in [0.05, 0.1) is 5.70 Å². The number of anilines is 1. The Morgan fingerprint density at radius 1 is 1.12 bits per heavy atom. The summed E-state index contributed by atoms with van der Waals surface area (Å²) < 4.78 is 0. The van der Waals surface area contributed by atoms with Gasteiger partial charge in [0.2, 0.25) is 0 Å². The van der Waals surface area contributed by atoms with Gasteiger partial charge in [-0.25, -0.2) is 0 Å². The Morgan fingerprint density at radius 3 is 2.58 bits per heavy atom. The fraction of sp³-hybridized carbons (Fsp3) is 0.158. The number of hydrogen-bond acceptors (Lipinski definition) is 4. The number of thioether (sulfide) groups is 1. The van der Waals surface area contributed by atoms with Crippen molar-refractivity contribution in [3.8, 4) is 0 Å². The third-order valence-electron chi connectivity index (χ3n) is 4.07. The molecule has 0 bridgehead atoms. The molecular formula is C19H15Cl2N3OS. The highest BCUT2D eigenvalue weighted by Gasteiger charge is 2.35. The Morgan fingerprint density at radius 2 is 1.85 bits per heavy atom. The molecule has 0 aliphatic carbocycles. The number of carbonyl (C=O) groups is 1. The molecule has 0 unspecified atom stereocenters. The number of hydrogen-bond donors (Lipinski definition) is 1. The smallest absolute Gasteiger partial charge is 0.264 e. The Balaban J connectivity index is 1.72. The first kappa shape index (κ1) is 17.5. The lowest BCUT2D eigenvalue weighted by Crippen LogP contribution is -2.29. The van der Waals surface area contributed by atoms with Crippen LogP contribution < -0.4 is 5.32 Å². The fourth-order valence-electron chi connectivity index (χ4n) is 2.99. The maximum absolute atomic E-state index is 13.0. The molecule has 2 aromatic rings. The molecule has 26 heavy (non-hydrogen) atoms. The quantitative estimate of drug-likeness (QED) is 0.773. The molecule has 1 amide bonds. The third kappa shape index (κ3) is 3.47. The lowest BCUT2D eigenvalue weighted by Gasteiger charge is -2.25. The lowest BCUT2D eigenvalue weighted by atomic mass is 10.1. The van der Waals surface area contributed by atoms with Gasteiger partial charge in [0.15, 0.2) is 5.17 Å². The van der Waals surface area contributed by atoms with E-state index < -0.39 is 0 Å². The van der Waals surface area contributed by atoms with Gasteiger partial charge in [-0.15, -0.1) is 0 Å². The van der Waals surface area contributed by atoms with Gasteiger partial charge >= 0.3 is 0 Å². The van der Waals surface area contributed by atoms with Crippen LogP contribution in [0.5, 0.6) is 0 Å². The molecule has 0 radical (unpaired) electrons. The molecule has 0 spiro atoms. The zero-order valence-electron chi connectivity index (χ0n) is 13.7. The van der Waals surface area contributed by atoms with E-state index in [4.69, 9.17) is 23.2 Å². The minimum absolute atomic E-state index is 0.190. The summed E-state index contributed by atoms with van der Waals surface area (Å²) in [5, 5.41) is 4.74. The van der Waals surface area contributed by atoms with Gasteiger partial charge in [-0.3, -0.25) is 9.79 Å². The van der Waals surface area contributed by atoms with Crippen LogP contribution in [0.2, 0.25) is 10.0 Å². The Bertz CT molecular complexity index is 907. The summed E-state index contributed by atoms with van der Waals surface area (Å²) >= 11 is 13.5. The van der Waals surface area contributed by atoms with Crippen molar-refractivity contribution in [2.24, 2.45) is 4.99 Å². The molecule has 0 saturated heterocycles. The normalized spacial score (nSPS) is 16.4. The van der Waals surface area contributed by atoms with E-state index in [0.29, 0.717) is 20.6 Å². The summed E-state index contributed by atoms with van der Waals surface area (Å²) in [6.45, 7) is 1.65. The van der Waals surface area contributed by atoms with E-state index in [0.717, 1.165) is 35.9 Å². The zero-order valence-corrected chi connectivity index (χ0v) is 16.0. The van der Waals surface area contributed by atoms with Crippen LogP contribution in [-0.4, -0.2) is 29.1 Å². The first-order valence-corrected chi connectivity index (χ1v) is 9.76. The molecule has 4 nitrogen and oxygen atoms in total. The summed E-state index contributed by atoms with van der Waals surface area (Å²) in [6.07, 6.45) is 0.971. The van der Waals surface area contributed by atoms with Crippen molar-refractivity contribution in [1.29, 1.82) is 0 Å². The number of nitrogens with zero attached hydrogens (tertiary/aromatic N) is 2. The van der Waals surface area contributed by atoms with Crippen LogP contribution in [0.4, 0.5) is 5.69 Å². The van der Waals surface area contributed by atoms with Crippen molar-refractivity contribution >= 4 is 57.4 Å². The van der Waals surface area contributed by atoms with E-state index in [1.165, 1.54) is 11.8 Å². The summed E-state index contributed by atoms with van der Waals surface area (Å²) in [4.78, 5) is 20.3. The van der Waals surface area contributed by atoms with Crippen molar-refractivity contribution in [2.75, 3.05) is 18.4 Å². The first-order valence-electron chi connectivity index (χ1n) is 8.19. The predicted molar refractivity (Wildman–Crippen MR) is 110 cm³/mol. The van der Waals surface area contributed by atoms with Gasteiger partial charge in [0.1, 0.15) is 4.91 Å². The highest BCUT2D eigenvalue weighted by molar-refractivity contribution is 8.18. The number of rotatable bonds is 3. The average molecular weight is 404 g/mol. The number of benzene rings is 2. The van der Waals surface area contributed by atoms with Crippen LogP contribution in [0.1, 0.15) is 12.0 Å². The van der Waals surface area contributed by atoms with Crippen molar-refractivity contribution in [1.82, 2.24) is 4.90 Å². The predicted octanol–water partition coefficient (Wildman–Crippen LogP) is 5.11. The Kier molecular flexibility index (Phi) is 4.94. The van der Waals surface area contributed by atoms with Gasteiger partial charge in [0, 0.05) is 28.8 Å². The van der Waals surface area contributed by atoms with E-state index in [1.54, 1.807) is 18.2 Å². The molecule has 0 atom stereocenters. The van der Waals surface area contributed by atoms with E-state index >= 15 is 0 Å². The van der Waals surface area contributed by atoms with Gasteiger partial charge in [-0.1, -0.05) is 53.5 Å². The summed E-state index contributed by atoms with van der Waals surface area (Å²) in [6, 6.07) is 14.9. The van der Waals surface area contributed by atoms with Crippen LogP contribution in [0.3, 0.4) is 0 Å². The number of halogens is 2. The highest BCUT2D eigenvalue weighted by Crippen LogP contribution is 2.41. The molecule has 4 rings (SSSR count). The molecular weight excluding hydrogens is 389 g/mol. The molecule has 0 fully saturated rings. The van der Waals surface area contributed by atoms with Crippen LogP contribution in [0, 0.1) is 0 Å². The Labute approximate surface area is 165 Å². The number of nitrogens with one attached hydrogen (secondary N) is 1. The van der Waals surface area contributed by atoms with Gasteiger partial charge in [-0.05, 0) is 41.9 Å². The zero-order chi connectivity index (χ0) is 18.1. The average Bonchev–Trinajstić information content (AvgIpc) is 3.01. The highest BCUT2D eigenvalue weighted by atomic mass is 35.5. The van der Waals surface area contributed by atoms with Crippen LogP contribution >= 0.6 is 35.0 Å². The minimum Gasteiger partial charge on any atom is -0.321 e. The van der Waals surface area contributed by atoms with Gasteiger partial charge in [0.25, 0.3) is 5.91 Å². The lowest BCUT2D eigenvalue weighted by molar-refractivity contribution is -0.112. The van der Waals surface area contributed by atoms with E-state index in [9.17, 15) is 4.79 Å². The number of amides is 1. The summed E-state index contributed by atoms with van der Waals surface area (Å²) in [7, 11) is 0. The number of aliphatic imine (C=N–C) groups is 1. The second-order valence-corrected chi connectivity index (χ2v) is 7.78. The van der Waals surface area contributed by atoms with Gasteiger partial charge < -0.3 is 10.2 Å². The first-order chi connectivity index (χ1) is 12.6. The maximum atomic E-state index is 13.0. The molecule has 7 heteroatoms. The summed E-state index contributed by atoms with van der Waals surface area (Å²) in [5.74, 6) is -0.190. The Hall–Kier alpha value is -1.95. The van der Waals surface area contributed by atoms with Gasteiger partial charge in [-0.2, -0.15) is 0 Å². The molecule has 2 aliphatic heterocycles. The van der Waals surface area contributed by atoms with Crippen LogP contribution in [0.25, 0.3) is 5.70 Å². The number of carbonyl (C=O) groups excluding carboxylic acids is 1. The number of fused-ring (bicyclic) bond motifs is 1. The molecule has 2 heterocycles.